The summed E-state index contributed by atoms with van der Waals surface area (Å²) in [5.41, 5.74) is -0.168. The van der Waals surface area contributed by atoms with Gasteiger partial charge >= 0.3 is 5.97 Å². The van der Waals surface area contributed by atoms with Crippen molar-refractivity contribution < 1.29 is 9.53 Å². The summed E-state index contributed by atoms with van der Waals surface area (Å²) in [6.07, 6.45) is 6.65. The maximum atomic E-state index is 11.9. The highest BCUT2D eigenvalue weighted by molar-refractivity contribution is 5.72. The molecule has 1 unspecified atom stereocenters. The Morgan fingerprint density at radius 1 is 1.19 bits per heavy atom. The van der Waals surface area contributed by atoms with Gasteiger partial charge in [0, 0.05) is 0 Å². The zero-order valence-corrected chi connectivity index (χ0v) is 11.2. The summed E-state index contributed by atoms with van der Waals surface area (Å²) in [4.78, 5) is 11.9. The first-order valence-corrected chi connectivity index (χ1v) is 6.74. The Morgan fingerprint density at radius 3 is 2.19 bits per heavy atom. The molecule has 1 atom stereocenters. The third-order valence-electron chi connectivity index (χ3n) is 4.07. The first-order chi connectivity index (χ1) is 7.52. The molecule has 1 aliphatic rings. The average molecular weight is 226 g/mol. The SMILES string of the molecule is CCC(C)C(=O)OC1(C(C)C)CCCCC1. The molecular weight excluding hydrogens is 200 g/mol. The molecule has 0 bridgehead atoms. The van der Waals surface area contributed by atoms with Crippen molar-refractivity contribution in [3.63, 3.8) is 0 Å². The van der Waals surface area contributed by atoms with E-state index < -0.39 is 0 Å². The molecule has 1 fully saturated rings. The maximum Gasteiger partial charge on any atom is 0.309 e. The van der Waals surface area contributed by atoms with Gasteiger partial charge in [-0.05, 0) is 38.0 Å². The lowest BCUT2D eigenvalue weighted by molar-refractivity contribution is -0.174. The van der Waals surface area contributed by atoms with Crippen LogP contribution in [0.1, 0.15) is 66.2 Å². The second-order valence-electron chi connectivity index (χ2n) is 5.51. The van der Waals surface area contributed by atoms with E-state index in [9.17, 15) is 4.79 Å². The topological polar surface area (TPSA) is 26.3 Å². The molecule has 16 heavy (non-hydrogen) atoms. The van der Waals surface area contributed by atoms with Crippen LogP contribution in [0.3, 0.4) is 0 Å². The van der Waals surface area contributed by atoms with E-state index in [4.69, 9.17) is 4.74 Å². The fourth-order valence-corrected chi connectivity index (χ4v) is 2.42. The van der Waals surface area contributed by atoms with Gasteiger partial charge in [-0.25, -0.2) is 0 Å². The van der Waals surface area contributed by atoms with Crippen molar-refractivity contribution in [2.75, 3.05) is 0 Å². The molecule has 0 heterocycles. The predicted molar refractivity (Wildman–Crippen MR) is 66.2 cm³/mol. The van der Waals surface area contributed by atoms with Crippen molar-refractivity contribution in [3.05, 3.63) is 0 Å². The minimum atomic E-state index is -0.168. The fourth-order valence-electron chi connectivity index (χ4n) is 2.42. The van der Waals surface area contributed by atoms with E-state index >= 15 is 0 Å². The van der Waals surface area contributed by atoms with Gasteiger partial charge in [0.1, 0.15) is 5.60 Å². The molecule has 94 valence electrons. The van der Waals surface area contributed by atoms with E-state index in [1.54, 1.807) is 0 Å². The molecule has 0 N–H and O–H groups in total. The van der Waals surface area contributed by atoms with Gasteiger partial charge in [-0.2, -0.15) is 0 Å². The van der Waals surface area contributed by atoms with Gasteiger partial charge in [-0.1, -0.05) is 34.1 Å². The van der Waals surface area contributed by atoms with Gasteiger partial charge in [0.15, 0.2) is 0 Å². The van der Waals surface area contributed by atoms with Crippen LogP contribution >= 0.6 is 0 Å². The molecule has 1 saturated carbocycles. The van der Waals surface area contributed by atoms with Crippen LogP contribution in [0.5, 0.6) is 0 Å². The van der Waals surface area contributed by atoms with Crippen molar-refractivity contribution in [1.29, 1.82) is 0 Å². The Balaban J connectivity index is 2.67. The molecule has 2 heteroatoms. The lowest BCUT2D eigenvalue weighted by Crippen LogP contribution is -2.43. The molecule has 0 spiro atoms. The van der Waals surface area contributed by atoms with E-state index in [0.29, 0.717) is 5.92 Å². The van der Waals surface area contributed by atoms with Crippen LogP contribution in [0.15, 0.2) is 0 Å². The number of esters is 1. The molecule has 0 aromatic rings. The molecule has 0 amide bonds. The van der Waals surface area contributed by atoms with Crippen molar-refractivity contribution in [3.8, 4) is 0 Å². The molecule has 0 aromatic carbocycles. The summed E-state index contributed by atoms with van der Waals surface area (Å²) in [5, 5.41) is 0. The fraction of sp³-hybridized carbons (Fsp3) is 0.929. The van der Waals surface area contributed by atoms with E-state index in [-0.39, 0.29) is 17.5 Å². The molecule has 0 radical (unpaired) electrons. The van der Waals surface area contributed by atoms with Crippen LogP contribution in [0, 0.1) is 11.8 Å². The van der Waals surface area contributed by atoms with Crippen LogP contribution in [0.2, 0.25) is 0 Å². The van der Waals surface area contributed by atoms with Crippen LogP contribution in [0.4, 0.5) is 0 Å². The van der Waals surface area contributed by atoms with Crippen molar-refractivity contribution in [2.45, 2.75) is 71.8 Å². The quantitative estimate of drug-likeness (QED) is 0.679. The number of carbonyl (C=O) groups is 1. The molecule has 1 rings (SSSR count). The molecule has 0 aromatic heterocycles. The molecule has 1 aliphatic carbocycles. The highest BCUT2D eigenvalue weighted by atomic mass is 16.6. The highest BCUT2D eigenvalue weighted by Crippen LogP contribution is 2.38. The smallest absolute Gasteiger partial charge is 0.309 e. The monoisotopic (exact) mass is 226 g/mol. The third kappa shape index (κ3) is 2.99. The van der Waals surface area contributed by atoms with Crippen molar-refractivity contribution in [1.82, 2.24) is 0 Å². The summed E-state index contributed by atoms with van der Waals surface area (Å²) in [6.45, 7) is 8.35. The van der Waals surface area contributed by atoms with Crippen molar-refractivity contribution in [2.24, 2.45) is 11.8 Å². The minimum Gasteiger partial charge on any atom is -0.459 e. The number of rotatable bonds is 4. The Morgan fingerprint density at radius 2 is 1.75 bits per heavy atom. The van der Waals surface area contributed by atoms with Crippen molar-refractivity contribution >= 4 is 5.97 Å². The first kappa shape index (κ1) is 13.5. The summed E-state index contributed by atoms with van der Waals surface area (Å²) in [5.74, 6) is 0.469. The molecule has 2 nitrogen and oxygen atoms in total. The lowest BCUT2D eigenvalue weighted by Gasteiger charge is -2.40. The molecule has 0 saturated heterocycles. The van der Waals surface area contributed by atoms with Gasteiger partial charge in [-0.15, -0.1) is 0 Å². The zero-order chi connectivity index (χ0) is 12.2. The van der Waals surface area contributed by atoms with Crippen LogP contribution in [-0.4, -0.2) is 11.6 Å². The Kier molecular flexibility index (Phi) is 4.82. The number of hydrogen-bond donors (Lipinski definition) is 0. The van der Waals surface area contributed by atoms with Gasteiger partial charge in [0.2, 0.25) is 0 Å². The number of ether oxygens (including phenoxy) is 1. The third-order valence-corrected chi connectivity index (χ3v) is 4.07. The van der Waals surface area contributed by atoms with Gasteiger partial charge in [-0.3, -0.25) is 4.79 Å². The average Bonchev–Trinajstić information content (AvgIpc) is 2.28. The van der Waals surface area contributed by atoms with E-state index in [0.717, 1.165) is 19.3 Å². The van der Waals surface area contributed by atoms with Crippen LogP contribution < -0.4 is 0 Å². The summed E-state index contributed by atoms with van der Waals surface area (Å²) >= 11 is 0. The Bertz CT molecular complexity index is 227. The second kappa shape index (κ2) is 5.70. The van der Waals surface area contributed by atoms with Gasteiger partial charge in [0.05, 0.1) is 5.92 Å². The largest absolute Gasteiger partial charge is 0.459 e. The normalized spacial score (nSPS) is 21.8. The minimum absolute atomic E-state index is 0.00176. The lowest BCUT2D eigenvalue weighted by atomic mass is 9.77. The Hall–Kier alpha value is -0.530. The van der Waals surface area contributed by atoms with E-state index in [1.807, 2.05) is 13.8 Å². The highest BCUT2D eigenvalue weighted by Gasteiger charge is 2.39. The predicted octanol–water partition coefficient (Wildman–Crippen LogP) is 3.93. The summed E-state index contributed by atoms with van der Waals surface area (Å²) in [6, 6.07) is 0. The maximum absolute atomic E-state index is 11.9. The zero-order valence-electron chi connectivity index (χ0n) is 11.2. The Labute approximate surface area is 99.8 Å². The second-order valence-corrected chi connectivity index (χ2v) is 5.51. The first-order valence-electron chi connectivity index (χ1n) is 6.74. The molecule has 0 aliphatic heterocycles. The number of hydrogen-bond acceptors (Lipinski definition) is 2. The van der Waals surface area contributed by atoms with Gasteiger partial charge in [0.25, 0.3) is 0 Å². The van der Waals surface area contributed by atoms with Crippen LogP contribution in [0.25, 0.3) is 0 Å². The summed E-state index contributed by atoms with van der Waals surface area (Å²) < 4.78 is 5.85. The number of carbonyl (C=O) groups excluding carboxylic acids is 1. The van der Waals surface area contributed by atoms with Gasteiger partial charge < -0.3 is 4.74 Å². The van der Waals surface area contributed by atoms with E-state index in [1.165, 1.54) is 19.3 Å². The van der Waals surface area contributed by atoms with E-state index in [2.05, 4.69) is 13.8 Å². The standard InChI is InChI=1S/C14H26O2/c1-5-12(4)13(15)16-14(11(2)3)9-7-6-8-10-14/h11-12H,5-10H2,1-4H3. The van der Waals surface area contributed by atoms with Crippen LogP contribution in [-0.2, 0) is 9.53 Å². The summed E-state index contributed by atoms with van der Waals surface area (Å²) in [7, 11) is 0. The molecular formula is C14H26O2.